The zero-order chi connectivity index (χ0) is 18.3. The largest absolute Gasteiger partial charge is 0.461 e. The van der Waals surface area contributed by atoms with Crippen LogP contribution in [0.25, 0.3) is 0 Å². The molecule has 0 aliphatic heterocycles. The monoisotopic (exact) mass is 353 g/mol. The second-order valence-corrected chi connectivity index (χ2v) is 6.66. The van der Waals surface area contributed by atoms with Gasteiger partial charge in [-0.3, -0.25) is 9.59 Å². The quantitative estimate of drug-likeness (QED) is 0.572. The number of hydrogen-bond acceptors (Lipinski definition) is 6. The third-order valence-corrected chi connectivity index (χ3v) is 3.96. The minimum Gasteiger partial charge on any atom is -0.461 e. The highest BCUT2D eigenvalue weighted by Crippen LogP contribution is 2.23. The number of nitrogens with one attached hydrogen (secondary N) is 1. The lowest BCUT2D eigenvalue weighted by atomic mass is 10.2. The van der Waals surface area contributed by atoms with E-state index in [0.717, 1.165) is 11.3 Å². The molecule has 2 amide bonds. The van der Waals surface area contributed by atoms with E-state index in [9.17, 15) is 14.4 Å². The van der Waals surface area contributed by atoms with Crippen LogP contribution < -0.4 is 5.32 Å². The molecule has 0 radical (unpaired) electrons. The molecule has 1 heterocycles. The second-order valence-electron chi connectivity index (χ2n) is 5.66. The van der Waals surface area contributed by atoms with E-state index < -0.39 is 5.97 Å². The fourth-order valence-electron chi connectivity index (χ4n) is 1.74. The van der Waals surface area contributed by atoms with Crippen molar-refractivity contribution >= 4 is 34.3 Å². The zero-order valence-corrected chi connectivity index (χ0v) is 15.2. The molecule has 7 nitrogen and oxygen atoms in total. The first-order chi connectivity index (χ1) is 11.2. The number of amides is 2. The fraction of sp³-hybridized carbons (Fsp3) is 0.500. The van der Waals surface area contributed by atoms with E-state index in [-0.39, 0.29) is 30.8 Å². The molecule has 0 saturated heterocycles. The summed E-state index contributed by atoms with van der Waals surface area (Å²) in [6, 6.07) is 0. The van der Waals surface area contributed by atoms with Crippen molar-refractivity contribution in [3.05, 3.63) is 23.2 Å². The van der Waals surface area contributed by atoms with Crippen molar-refractivity contribution in [1.82, 2.24) is 9.88 Å². The number of thiazole rings is 1. The summed E-state index contributed by atoms with van der Waals surface area (Å²) in [5.41, 5.74) is 0.499. The molecule has 0 unspecified atom stereocenters. The Morgan fingerprint density at radius 2 is 2.08 bits per heavy atom. The van der Waals surface area contributed by atoms with Gasteiger partial charge in [0.25, 0.3) is 0 Å². The van der Waals surface area contributed by atoms with Crippen molar-refractivity contribution in [1.29, 1.82) is 0 Å². The molecule has 24 heavy (non-hydrogen) atoms. The van der Waals surface area contributed by atoms with E-state index >= 15 is 0 Å². The Morgan fingerprint density at radius 3 is 2.62 bits per heavy atom. The number of esters is 1. The van der Waals surface area contributed by atoms with Gasteiger partial charge in [-0.2, -0.15) is 0 Å². The predicted octanol–water partition coefficient (Wildman–Crippen LogP) is 2.24. The van der Waals surface area contributed by atoms with Gasteiger partial charge in [0.05, 0.1) is 12.3 Å². The number of hydrogen-bond donors (Lipinski definition) is 1. The Bertz CT molecular complexity index is 625. The third-order valence-electron chi connectivity index (χ3n) is 2.91. The van der Waals surface area contributed by atoms with Crippen molar-refractivity contribution in [2.24, 2.45) is 5.92 Å². The molecule has 0 spiro atoms. The minimum absolute atomic E-state index is 0.104. The molecule has 1 N–H and O–H groups in total. The first-order valence-electron chi connectivity index (χ1n) is 7.55. The number of nitrogens with zero attached hydrogens (tertiary/aromatic N) is 2. The molecular weight excluding hydrogens is 330 g/mol. The van der Waals surface area contributed by atoms with Crippen molar-refractivity contribution in [2.75, 3.05) is 25.0 Å². The molecule has 0 aromatic carbocycles. The number of aromatic nitrogens is 1. The summed E-state index contributed by atoms with van der Waals surface area (Å²) in [4.78, 5) is 41.3. The number of anilines is 1. The Kier molecular flexibility index (Phi) is 7.57. The maximum Gasteiger partial charge on any atom is 0.350 e. The van der Waals surface area contributed by atoms with E-state index in [2.05, 4.69) is 16.9 Å². The van der Waals surface area contributed by atoms with Crippen LogP contribution in [0.4, 0.5) is 5.13 Å². The van der Waals surface area contributed by atoms with Gasteiger partial charge in [0.15, 0.2) is 5.13 Å². The number of carbonyl (C=O) groups excluding carboxylic acids is 3. The Labute approximate surface area is 145 Å². The molecule has 0 bridgehead atoms. The second kappa shape index (κ2) is 9.17. The van der Waals surface area contributed by atoms with Crippen LogP contribution in [0.1, 0.15) is 36.1 Å². The van der Waals surface area contributed by atoms with Gasteiger partial charge in [-0.25, -0.2) is 9.78 Å². The van der Waals surface area contributed by atoms with Crippen molar-refractivity contribution in [3.8, 4) is 0 Å². The average molecular weight is 353 g/mol. The van der Waals surface area contributed by atoms with Crippen LogP contribution in [-0.2, 0) is 14.3 Å². The zero-order valence-electron chi connectivity index (χ0n) is 14.4. The van der Waals surface area contributed by atoms with E-state index in [1.165, 1.54) is 11.8 Å². The van der Waals surface area contributed by atoms with Gasteiger partial charge in [0, 0.05) is 13.5 Å². The summed E-state index contributed by atoms with van der Waals surface area (Å²) in [5.74, 6) is -0.818. The number of ether oxygens (including phenoxy) is 1. The maximum absolute atomic E-state index is 12.0. The topological polar surface area (TPSA) is 88.6 Å². The number of aryl methyl sites for hydroxylation is 1. The summed E-state index contributed by atoms with van der Waals surface area (Å²) >= 11 is 1.06. The standard InChI is InChI=1S/C16H23N3O4S/c1-6-7-19(12(5)20)8-13(21)18-16-17-11(4)14(24-16)15(22)23-9-10(2)3/h6,10H,1,7-9H2,2-5H3,(H,17,18,21). The molecule has 0 atom stereocenters. The number of rotatable bonds is 8. The van der Waals surface area contributed by atoms with Crippen molar-refractivity contribution in [3.63, 3.8) is 0 Å². The van der Waals surface area contributed by atoms with Gasteiger partial charge in [0.2, 0.25) is 11.8 Å². The van der Waals surface area contributed by atoms with E-state index in [1.54, 1.807) is 13.0 Å². The Balaban J connectivity index is 2.70. The van der Waals surface area contributed by atoms with Gasteiger partial charge in [-0.15, -0.1) is 6.58 Å². The van der Waals surface area contributed by atoms with E-state index in [1.807, 2.05) is 13.8 Å². The number of carbonyl (C=O) groups is 3. The molecule has 0 aliphatic carbocycles. The molecule has 132 valence electrons. The van der Waals surface area contributed by atoms with E-state index in [0.29, 0.717) is 22.3 Å². The summed E-state index contributed by atoms with van der Waals surface area (Å²) in [7, 11) is 0. The SMILES string of the molecule is C=CCN(CC(=O)Nc1nc(C)c(C(=O)OCC(C)C)s1)C(C)=O. The highest BCUT2D eigenvalue weighted by molar-refractivity contribution is 7.17. The Hall–Kier alpha value is -2.22. The first-order valence-corrected chi connectivity index (χ1v) is 8.37. The smallest absolute Gasteiger partial charge is 0.350 e. The van der Waals surface area contributed by atoms with E-state index in [4.69, 9.17) is 4.74 Å². The fourth-order valence-corrected chi connectivity index (χ4v) is 2.62. The predicted molar refractivity (Wildman–Crippen MR) is 93.1 cm³/mol. The summed E-state index contributed by atoms with van der Waals surface area (Å²) in [5, 5.41) is 2.90. The van der Waals surface area contributed by atoms with Gasteiger partial charge in [0.1, 0.15) is 11.4 Å². The normalized spacial score (nSPS) is 10.4. The van der Waals surface area contributed by atoms with Crippen LogP contribution in [-0.4, -0.2) is 47.4 Å². The lowest BCUT2D eigenvalue weighted by molar-refractivity contribution is -0.132. The minimum atomic E-state index is -0.448. The molecule has 1 rings (SSSR count). The molecular formula is C16H23N3O4S. The van der Waals surface area contributed by atoms with Crippen LogP contribution in [0.3, 0.4) is 0 Å². The highest BCUT2D eigenvalue weighted by atomic mass is 32.1. The molecule has 1 aromatic rings. The maximum atomic E-state index is 12.0. The van der Waals surface area contributed by atoms with Gasteiger partial charge >= 0.3 is 5.97 Å². The van der Waals surface area contributed by atoms with Crippen LogP contribution >= 0.6 is 11.3 Å². The summed E-state index contributed by atoms with van der Waals surface area (Å²) in [6.07, 6.45) is 1.55. The summed E-state index contributed by atoms with van der Waals surface area (Å²) < 4.78 is 5.17. The van der Waals surface area contributed by atoms with Crippen LogP contribution in [0.2, 0.25) is 0 Å². The van der Waals surface area contributed by atoms with Gasteiger partial charge in [-0.05, 0) is 12.8 Å². The summed E-state index contributed by atoms with van der Waals surface area (Å²) in [6.45, 7) is 11.0. The third kappa shape index (κ3) is 6.11. The molecule has 8 heteroatoms. The van der Waals surface area contributed by atoms with Crippen molar-refractivity contribution in [2.45, 2.75) is 27.7 Å². The van der Waals surface area contributed by atoms with Crippen LogP contribution in [0.5, 0.6) is 0 Å². The van der Waals surface area contributed by atoms with Crippen LogP contribution in [0.15, 0.2) is 12.7 Å². The first kappa shape index (κ1) is 19.8. The molecule has 1 aromatic heterocycles. The van der Waals surface area contributed by atoms with Gasteiger partial charge in [-0.1, -0.05) is 31.3 Å². The Morgan fingerprint density at radius 1 is 1.42 bits per heavy atom. The van der Waals surface area contributed by atoms with Crippen molar-refractivity contribution < 1.29 is 19.1 Å². The molecule has 0 aliphatic rings. The molecule has 0 saturated carbocycles. The van der Waals surface area contributed by atoms with Gasteiger partial charge < -0.3 is 15.0 Å². The average Bonchev–Trinajstić information content (AvgIpc) is 2.84. The lowest BCUT2D eigenvalue weighted by Gasteiger charge is -2.17. The molecule has 0 fully saturated rings. The lowest BCUT2D eigenvalue weighted by Crippen LogP contribution is -2.36. The highest BCUT2D eigenvalue weighted by Gasteiger charge is 2.19. The van der Waals surface area contributed by atoms with Crippen LogP contribution in [0, 0.1) is 12.8 Å².